The lowest BCUT2D eigenvalue weighted by atomic mass is 10.1. The molecule has 0 spiro atoms. The second-order valence-electron chi connectivity index (χ2n) is 4.34. The van der Waals surface area contributed by atoms with Crippen molar-refractivity contribution in [3.8, 4) is 0 Å². The van der Waals surface area contributed by atoms with Crippen LogP contribution in [0.3, 0.4) is 0 Å². The first-order valence-electron chi connectivity index (χ1n) is 5.90. The van der Waals surface area contributed by atoms with Gasteiger partial charge in [0.25, 0.3) is 5.91 Å². The summed E-state index contributed by atoms with van der Waals surface area (Å²) in [5.74, 6) is -0.0497. The molecule has 0 radical (unpaired) electrons. The van der Waals surface area contributed by atoms with Gasteiger partial charge >= 0.3 is 0 Å². The largest absolute Gasteiger partial charge is 0.330 e. The molecule has 0 amide bonds. The van der Waals surface area contributed by atoms with E-state index in [-0.39, 0.29) is 5.91 Å². The minimum Gasteiger partial charge on any atom is -0.330 e. The standard InChI is InChI=1S/C13H17N3OS/c1-8-5-7-18-12(8)13(17)16-10(3)11(4-6-14)9(2)15-16/h5,7H,4,6,14H2,1-3H3. The molecule has 2 rings (SSSR count). The summed E-state index contributed by atoms with van der Waals surface area (Å²) in [4.78, 5) is 13.1. The van der Waals surface area contributed by atoms with Gasteiger partial charge in [-0.15, -0.1) is 11.3 Å². The number of nitrogens with zero attached hydrogens (tertiary/aromatic N) is 2. The molecule has 2 aromatic rings. The Hall–Kier alpha value is -1.46. The summed E-state index contributed by atoms with van der Waals surface area (Å²) < 4.78 is 1.50. The highest BCUT2D eigenvalue weighted by molar-refractivity contribution is 7.12. The molecule has 0 saturated carbocycles. The van der Waals surface area contributed by atoms with Crippen LogP contribution in [0.25, 0.3) is 0 Å². The number of nitrogens with two attached hydrogens (primary N) is 1. The molecular weight excluding hydrogens is 246 g/mol. The number of aryl methyl sites for hydroxylation is 2. The van der Waals surface area contributed by atoms with Gasteiger partial charge in [-0.25, -0.2) is 0 Å². The van der Waals surface area contributed by atoms with Gasteiger partial charge in [0.2, 0.25) is 0 Å². The average molecular weight is 263 g/mol. The summed E-state index contributed by atoms with van der Waals surface area (Å²) in [6.45, 7) is 6.35. The summed E-state index contributed by atoms with van der Waals surface area (Å²) in [6.07, 6.45) is 0.758. The SMILES string of the molecule is Cc1ccsc1C(=O)n1nc(C)c(CCN)c1C. The Morgan fingerprint density at radius 2 is 2.17 bits per heavy atom. The van der Waals surface area contributed by atoms with E-state index in [1.54, 1.807) is 0 Å². The third-order valence-corrected chi connectivity index (χ3v) is 4.09. The van der Waals surface area contributed by atoms with Gasteiger partial charge < -0.3 is 5.73 Å². The maximum Gasteiger partial charge on any atom is 0.288 e. The summed E-state index contributed by atoms with van der Waals surface area (Å²) in [7, 11) is 0. The smallest absolute Gasteiger partial charge is 0.288 e. The van der Waals surface area contributed by atoms with Crippen molar-refractivity contribution in [2.24, 2.45) is 5.73 Å². The highest BCUT2D eigenvalue weighted by Crippen LogP contribution is 2.20. The quantitative estimate of drug-likeness (QED) is 0.922. The van der Waals surface area contributed by atoms with Crippen molar-refractivity contribution in [2.75, 3.05) is 6.54 Å². The predicted molar refractivity (Wildman–Crippen MR) is 73.2 cm³/mol. The molecule has 0 atom stereocenters. The number of aromatic nitrogens is 2. The summed E-state index contributed by atoms with van der Waals surface area (Å²) in [5.41, 5.74) is 9.45. The average Bonchev–Trinajstić information content (AvgIpc) is 2.87. The number of hydrogen-bond acceptors (Lipinski definition) is 4. The van der Waals surface area contributed by atoms with Gasteiger partial charge in [-0.1, -0.05) is 0 Å². The summed E-state index contributed by atoms with van der Waals surface area (Å²) in [5, 5.41) is 6.27. The monoisotopic (exact) mass is 263 g/mol. The van der Waals surface area contributed by atoms with Crippen LogP contribution in [0, 0.1) is 20.8 Å². The van der Waals surface area contributed by atoms with E-state index in [1.165, 1.54) is 16.0 Å². The van der Waals surface area contributed by atoms with Gasteiger partial charge in [0, 0.05) is 5.69 Å². The number of hydrogen-bond donors (Lipinski definition) is 1. The highest BCUT2D eigenvalue weighted by atomic mass is 32.1. The van der Waals surface area contributed by atoms with Gasteiger partial charge in [0.1, 0.15) is 0 Å². The van der Waals surface area contributed by atoms with Crippen molar-refractivity contribution in [3.05, 3.63) is 38.8 Å². The van der Waals surface area contributed by atoms with Crippen molar-refractivity contribution >= 4 is 17.2 Å². The lowest BCUT2D eigenvalue weighted by molar-refractivity contribution is 0.0946. The molecule has 0 aliphatic carbocycles. The van der Waals surface area contributed by atoms with E-state index >= 15 is 0 Å². The topological polar surface area (TPSA) is 60.9 Å². The molecule has 5 heteroatoms. The zero-order chi connectivity index (χ0) is 13.3. The third-order valence-electron chi connectivity index (χ3n) is 3.08. The Labute approximate surface area is 110 Å². The summed E-state index contributed by atoms with van der Waals surface area (Å²) >= 11 is 1.45. The van der Waals surface area contributed by atoms with E-state index in [0.29, 0.717) is 6.54 Å². The molecule has 0 aliphatic heterocycles. The lowest BCUT2D eigenvalue weighted by Crippen LogP contribution is -2.15. The molecule has 0 unspecified atom stereocenters. The minimum absolute atomic E-state index is 0.0497. The number of rotatable bonds is 3. The van der Waals surface area contributed by atoms with Crippen LogP contribution in [-0.2, 0) is 6.42 Å². The normalized spacial score (nSPS) is 10.9. The molecule has 2 heterocycles. The van der Waals surface area contributed by atoms with Gasteiger partial charge in [0.05, 0.1) is 10.6 Å². The summed E-state index contributed by atoms with van der Waals surface area (Å²) in [6, 6.07) is 1.95. The van der Waals surface area contributed by atoms with E-state index in [9.17, 15) is 4.79 Å². The number of thiophene rings is 1. The fraction of sp³-hybridized carbons (Fsp3) is 0.385. The fourth-order valence-electron chi connectivity index (χ4n) is 2.07. The van der Waals surface area contributed by atoms with Gasteiger partial charge in [-0.3, -0.25) is 4.79 Å². The van der Waals surface area contributed by atoms with Gasteiger partial charge in [-0.2, -0.15) is 9.78 Å². The van der Waals surface area contributed by atoms with Crippen molar-refractivity contribution < 1.29 is 4.79 Å². The van der Waals surface area contributed by atoms with E-state index in [0.717, 1.165) is 33.8 Å². The second-order valence-corrected chi connectivity index (χ2v) is 5.25. The Morgan fingerprint density at radius 3 is 2.72 bits per heavy atom. The fourth-order valence-corrected chi connectivity index (χ4v) is 2.92. The molecule has 0 aliphatic rings. The van der Waals surface area contributed by atoms with Crippen LogP contribution in [0.2, 0.25) is 0 Å². The molecule has 0 saturated heterocycles. The predicted octanol–water partition coefficient (Wildman–Crippen LogP) is 2.06. The second kappa shape index (κ2) is 5.04. The molecule has 2 aromatic heterocycles. The molecule has 0 fully saturated rings. The van der Waals surface area contributed by atoms with Crippen LogP contribution in [0.1, 0.15) is 32.2 Å². The Kier molecular flexibility index (Phi) is 3.63. The van der Waals surface area contributed by atoms with E-state index < -0.39 is 0 Å². The molecule has 0 aromatic carbocycles. The number of carbonyl (C=O) groups excluding carboxylic acids is 1. The highest BCUT2D eigenvalue weighted by Gasteiger charge is 2.19. The first-order chi connectivity index (χ1) is 8.56. The number of carbonyl (C=O) groups is 1. The van der Waals surface area contributed by atoms with Crippen LogP contribution in [0.4, 0.5) is 0 Å². The van der Waals surface area contributed by atoms with Crippen LogP contribution < -0.4 is 5.73 Å². The minimum atomic E-state index is -0.0497. The molecule has 18 heavy (non-hydrogen) atoms. The maximum absolute atomic E-state index is 12.4. The van der Waals surface area contributed by atoms with Crippen molar-refractivity contribution in [3.63, 3.8) is 0 Å². The van der Waals surface area contributed by atoms with Crippen molar-refractivity contribution in [1.29, 1.82) is 0 Å². The van der Waals surface area contributed by atoms with Crippen molar-refractivity contribution in [1.82, 2.24) is 9.78 Å². The van der Waals surface area contributed by atoms with Crippen molar-refractivity contribution in [2.45, 2.75) is 27.2 Å². The van der Waals surface area contributed by atoms with Crippen LogP contribution in [0.5, 0.6) is 0 Å². The molecule has 4 nitrogen and oxygen atoms in total. The molecule has 0 bridgehead atoms. The van der Waals surface area contributed by atoms with E-state index in [4.69, 9.17) is 5.73 Å². The third kappa shape index (κ3) is 2.11. The van der Waals surface area contributed by atoms with Crippen LogP contribution in [-0.4, -0.2) is 22.2 Å². The first-order valence-corrected chi connectivity index (χ1v) is 6.78. The van der Waals surface area contributed by atoms with Crippen LogP contribution >= 0.6 is 11.3 Å². The first kappa shape index (κ1) is 13.0. The van der Waals surface area contributed by atoms with Gasteiger partial charge in [0.15, 0.2) is 0 Å². The van der Waals surface area contributed by atoms with E-state index in [1.807, 2.05) is 32.2 Å². The lowest BCUT2D eigenvalue weighted by Gasteiger charge is -2.03. The maximum atomic E-state index is 12.4. The molecule has 2 N–H and O–H groups in total. The van der Waals surface area contributed by atoms with Crippen LogP contribution in [0.15, 0.2) is 11.4 Å². The zero-order valence-corrected chi connectivity index (χ0v) is 11.7. The molecule has 96 valence electrons. The van der Waals surface area contributed by atoms with Gasteiger partial charge in [-0.05, 0) is 56.3 Å². The Bertz CT molecular complexity index is 583. The zero-order valence-electron chi connectivity index (χ0n) is 10.9. The molecular formula is C13H17N3OS. The Morgan fingerprint density at radius 1 is 1.44 bits per heavy atom. The van der Waals surface area contributed by atoms with E-state index in [2.05, 4.69) is 5.10 Å². The Balaban J connectivity index is 2.43.